The van der Waals surface area contributed by atoms with E-state index in [0.29, 0.717) is 11.3 Å². The van der Waals surface area contributed by atoms with E-state index < -0.39 is 5.97 Å². The van der Waals surface area contributed by atoms with Crippen LogP contribution in [-0.2, 0) is 7.05 Å². The van der Waals surface area contributed by atoms with E-state index in [4.69, 9.17) is 16.7 Å². The highest BCUT2D eigenvalue weighted by Gasteiger charge is 2.11. The van der Waals surface area contributed by atoms with Crippen LogP contribution in [0.1, 0.15) is 10.5 Å². The molecular formula is C9H7ClN4O2. The first-order valence-electron chi connectivity index (χ1n) is 4.33. The van der Waals surface area contributed by atoms with Crippen molar-refractivity contribution in [1.29, 1.82) is 0 Å². The van der Waals surface area contributed by atoms with Crippen molar-refractivity contribution in [3.05, 3.63) is 29.4 Å². The van der Waals surface area contributed by atoms with Crippen molar-refractivity contribution in [3.8, 4) is 11.3 Å². The Labute approximate surface area is 95.5 Å². The van der Waals surface area contributed by atoms with Gasteiger partial charge in [0.05, 0.1) is 11.9 Å². The second-order valence-electron chi connectivity index (χ2n) is 3.12. The Morgan fingerprint density at radius 3 is 2.81 bits per heavy atom. The Hall–Kier alpha value is -1.95. The number of rotatable bonds is 2. The van der Waals surface area contributed by atoms with Gasteiger partial charge < -0.3 is 5.11 Å². The minimum atomic E-state index is -1.14. The molecule has 0 saturated carbocycles. The quantitative estimate of drug-likeness (QED) is 0.796. The fraction of sp³-hybridized carbons (Fsp3) is 0.111. The molecule has 2 aromatic heterocycles. The fourth-order valence-corrected chi connectivity index (χ4v) is 1.41. The van der Waals surface area contributed by atoms with Crippen LogP contribution in [0.15, 0.2) is 18.5 Å². The molecule has 1 N–H and O–H groups in total. The van der Waals surface area contributed by atoms with Crippen LogP contribution >= 0.6 is 11.6 Å². The number of carbonyl (C=O) groups is 1. The van der Waals surface area contributed by atoms with Crippen molar-refractivity contribution in [2.45, 2.75) is 0 Å². The van der Waals surface area contributed by atoms with Gasteiger partial charge in [-0.05, 0) is 17.7 Å². The molecule has 82 valence electrons. The van der Waals surface area contributed by atoms with E-state index in [0.717, 1.165) is 0 Å². The Kier molecular flexibility index (Phi) is 2.57. The summed E-state index contributed by atoms with van der Waals surface area (Å²) < 4.78 is 1.59. The maximum atomic E-state index is 10.8. The molecule has 0 aliphatic heterocycles. The second kappa shape index (κ2) is 3.90. The summed E-state index contributed by atoms with van der Waals surface area (Å²) in [7, 11) is 1.75. The maximum absolute atomic E-state index is 10.8. The van der Waals surface area contributed by atoms with Gasteiger partial charge in [-0.15, -0.1) is 0 Å². The Balaban J connectivity index is 2.53. The Bertz CT molecular complexity index is 552. The van der Waals surface area contributed by atoms with Crippen molar-refractivity contribution in [2.24, 2.45) is 7.05 Å². The number of aryl methyl sites for hydroxylation is 1. The zero-order valence-electron chi connectivity index (χ0n) is 8.25. The summed E-state index contributed by atoms with van der Waals surface area (Å²) in [6.07, 6.45) is 3.29. The molecule has 0 aliphatic rings. The number of nitrogens with zero attached hydrogens (tertiary/aromatic N) is 4. The van der Waals surface area contributed by atoms with Crippen LogP contribution in [-0.4, -0.2) is 30.8 Å². The van der Waals surface area contributed by atoms with Crippen LogP contribution in [0.3, 0.4) is 0 Å². The lowest BCUT2D eigenvalue weighted by atomic mass is 10.2. The summed E-state index contributed by atoms with van der Waals surface area (Å²) in [5.74, 6) is -1.14. The topological polar surface area (TPSA) is 80.9 Å². The number of aromatic carboxylic acids is 1. The number of carboxylic acids is 1. The van der Waals surface area contributed by atoms with E-state index in [9.17, 15) is 4.79 Å². The smallest absolute Gasteiger partial charge is 0.354 e. The summed E-state index contributed by atoms with van der Waals surface area (Å²) in [5.41, 5.74) is 0.985. The summed E-state index contributed by atoms with van der Waals surface area (Å²) in [6, 6.07) is 1.35. The van der Waals surface area contributed by atoms with E-state index >= 15 is 0 Å². The van der Waals surface area contributed by atoms with Crippen molar-refractivity contribution < 1.29 is 9.90 Å². The van der Waals surface area contributed by atoms with E-state index in [-0.39, 0.29) is 11.0 Å². The Morgan fingerprint density at radius 1 is 1.50 bits per heavy atom. The zero-order valence-corrected chi connectivity index (χ0v) is 9.01. The van der Waals surface area contributed by atoms with Gasteiger partial charge in [-0.2, -0.15) is 5.10 Å². The lowest BCUT2D eigenvalue weighted by Gasteiger charge is -1.99. The first-order valence-corrected chi connectivity index (χ1v) is 4.71. The molecule has 2 heterocycles. The first kappa shape index (κ1) is 10.6. The average Bonchev–Trinajstić information content (AvgIpc) is 2.64. The number of hydrogen-bond acceptors (Lipinski definition) is 4. The van der Waals surface area contributed by atoms with Gasteiger partial charge in [-0.3, -0.25) is 4.68 Å². The minimum Gasteiger partial charge on any atom is -0.477 e. The predicted molar refractivity (Wildman–Crippen MR) is 56.2 cm³/mol. The monoisotopic (exact) mass is 238 g/mol. The highest BCUT2D eigenvalue weighted by molar-refractivity contribution is 6.28. The summed E-state index contributed by atoms with van der Waals surface area (Å²) in [4.78, 5) is 18.3. The third-order valence-corrected chi connectivity index (χ3v) is 2.09. The lowest BCUT2D eigenvalue weighted by molar-refractivity contribution is 0.0690. The van der Waals surface area contributed by atoms with Crippen LogP contribution in [0, 0.1) is 0 Å². The van der Waals surface area contributed by atoms with E-state index in [1.807, 2.05) is 0 Å². The summed E-state index contributed by atoms with van der Waals surface area (Å²) in [6.45, 7) is 0. The van der Waals surface area contributed by atoms with Gasteiger partial charge in [-0.25, -0.2) is 14.8 Å². The lowest BCUT2D eigenvalue weighted by Crippen LogP contribution is -2.02. The molecule has 0 aromatic carbocycles. The van der Waals surface area contributed by atoms with Crippen LogP contribution in [0.25, 0.3) is 11.3 Å². The number of aromatic nitrogens is 4. The predicted octanol–water partition coefficient (Wildman–Crippen LogP) is 1.23. The SMILES string of the molecule is Cn1cc(-c2cc(C(=O)O)nc(Cl)n2)cn1. The molecule has 16 heavy (non-hydrogen) atoms. The molecule has 2 rings (SSSR count). The number of hydrogen-bond donors (Lipinski definition) is 1. The first-order chi connectivity index (χ1) is 7.56. The molecule has 0 bridgehead atoms. The van der Waals surface area contributed by atoms with Gasteiger partial charge in [-0.1, -0.05) is 0 Å². The van der Waals surface area contributed by atoms with Crippen molar-refractivity contribution in [3.63, 3.8) is 0 Å². The summed E-state index contributed by atoms with van der Waals surface area (Å²) in [5, 5.41) is 12.7. The fourth-order valence-electron chi connectivity index (χ4n) is 1.23. The normalized spacial score (nSPS) is 10.4. The van der Waals surface area contributed by atoms with Crippen molar-refractivity contribution in [2.75, 3.05) is 0 Å². The van der Waals surface area contributed by atoms with Gasteiger partial charge in [0.25, 0.3) is 0 Å². The molecule has 0 fully saturated rings. The number of halogens is 1. The molecule has 0 saturated heterocycles. The standard InChI is InChI=1S/C9H7ClN4O2/c1-14-4-5(3-11-14)6-2-7(8(15)16)13-9(10)12-6/h2-4H,1H3,(H,15,16). The third-order valence-electron chi connectivity index (χ3n) is 1.92. The summed E-state index contributed by atoms with van der Waals surface area (Å²) >= 11 is 5.64. The van der Waals surface area contributed by atoms with Crippen LogP contribution in [0.4, 0.5) is 0 Å². The van der Waals surface area contributed by atoms with Crippen LogP contribution < -0.4 is 0 Å². The van der Waals surface area contributed by atoms with Gasteiger partial charge in [0.1, 0.15) is 0 Å². The third kappa shape index (κ3) is 2.01. The second-order valence-corrected chi connectivity index (χ2v) is 3.45. The van der Waals surface area contributed by atoms with Crippen molar-refractivity contribution in [1.82, 2.24) is 19.7 Å². The van der Waals surface area contributed by atoms with Gasteiger partial charge in [0.15, 0.2) is 5.69 Å². The highest BCUT2D eigenvalue weighted by Crippen LogP contribution is 2.18. The molecule has 0 radical (unpaired) electrons. The number of carboxylic acid groups (broad SMARTS) is 1. The van der Waals surface area contributed by atoms with Crippen LogP contribution in [0.2, 0.25) is 5.28 Å². The molecule has 7 heteroatoms. The van der Waals surface area contributed by atoms with E-state index in [1.165, 1.54) is 6.07 Å². The highest BCUT2D eigenvalue weighted by atomic mass is 35.5. The minimum absolute atomic E-state index is 0.0984. The zero-order chi connectivity index (χ0) is 11.7. The molecule has 2 aromatic rings. The van der Waals surface area contributed by atoms with Crippen LogP contribution in [0.5, 0.6) is 0 Å². The van der Waals surface area contributed by atoms with Crippen molar-refractivity contribution >= 4 is 17.6 Å². The van der Waals surface area contributed by atoms with E-state index in [1.54, 1.807) is 24.1 Å². The molecule has 0 amide bonds. The molecule has 0 unspecified atom stereocenters. The van der Waals surface area contributed by atoms with Gasteiger partial charge in [0.2, 0.25) is 5.28 Å². The largest absolute Gasteiger partial charge is 0.477 e. The average molecular weight is 239 g/mol. The molecule has 0 spiro atoms. The molecule has 0 atom stereocenters. The van der Waals surface area contributed by atoms with E-state index in [2.05, 4.69) is 15.1 Å². The van der Waals surface area contributed by atoms with Gasteiger partial charge in [0, 0.05) is 18.8 Å². The maximum Gasteiger partial charge on any atom is 0.354 e. The molecule has 6 nitrogen and oxygen atoms in total. The molecule has 0 aliphatic carbocycles. The Morgan fingerprint density at radius 2 is 2.25 bits per heavy atom. The van der Waals surface area contributed by atoms with Gasteiger partial charge >= 0.3 is 5.97 Å². The molecular weight excluding hydrogens is 232 g/mol.